The van der Waals surface area contributed by atoms with Crippen LogP contribution in [0.15, 0.2) is 24.3 Å². The lowest BCUT2D eigenvalue weighted by Crippen LogP contribution is -2.18. The summed E-state index contributed by atoms with van der Waals surface area (Å²) in [6.07, 6.45) is 1.33. The van der Waals surface area contributed by atoms with E-state index in [2.05, 4.69) is 0 Å². The highest BCUT2D eigenvalue weighted by Crippen LogP contribution is 2.17. The molecule has 0 aliphatic heterocycles. The van der Waals surface area contributed by atoms with E-state index in [1.807, 2.05) is 26.0 Å². The molecule has 0 aliphatic rings. The number of hydrogen-bond acceptors (Lipinski definition) is 2. The van der Waals surface area contributed by atoms with Crippen LogP contribution in [0.5, 0.6) is 5.75 Å². The Labute approximate surface area is 97.4 Å². The van der Waals surface area contributed by atoms with Crippen LogP contribution in [-0.2, 0) is 6.42 Å². The molecule has 0 aliphatic carbocycles. The van der Waals surface area contributed by atoms with Crippen molar-refractivity contribution in [3.8, 4) is 5.75 Å². The number of benzene rings is 1. The Hall–Kier alpha value is -0.730. The van der Waals surface area contributed by atoms with Gasteiger partial charge in [-0.2, -0.15) is 0 Å². The van der Waals surface area contributed by atoms with Crippen LogP contribution in [0, 0.1) is 5.92 Å². The van der Waals surface area contributed by atoms with E-state index in [0.29, 0.717) is 5.75 Å². The van der Waals surface area contributed by atoms with Crippen molar-refractivity contribution in [2.45, 2.75) is 32.8 Å². The van der Waals surface area contributed by atoms with Gasteiger partial charge in [0.2, 0.25) is 0 Å². The molecule has 1 aromatic rings. The van der Waals surface area contributed by atoms with Gasteiger partial charge < -0.3 is 10.2 Å². The summed E-state index contributed by atoms with van der Waals surface area (Å²) in [6.45, 7) is 4.00. The summed E-state index contributed by atoms with van der Waals surface area (Å²) in [4.78, 5) is 0. The maximum Gasteiger partial charge on any atom is 0.115 e. The number of phenolic OH excluding ortho intramolecular Hbond substituents is 1. The van der Waals surface area contributed by atoms with E-state index in [9.17, 15) is 10.2 Å². The normalized spacial score (nSPS) is 14.1. The molecule has 0 saturated heterocycles. The Morgan fingerprint density at radius 3 is 2.53 bits per heavy atom. The van der Waals surface area contributed by atoms with Gasteiger partial charge >= 0.3 is 0 Å². The molecular formula is C12H19ClO2. The van der Waals surface area contributed by atoms with Gasteiger partial charge in [0.05, 0.1) is 6.10 Å². The molecule has 2 unspecified atom stereocenters. The fourth-order valence-corrected chi connectivity index (χ4v) is 1.59. The molecule has 0 amide bonds. The molecule has 0 saturated carbocycles. The van der Waals surface area contributed by atoms with E-state index < -0.39 is 0 Å². The fourth-order valence-electron chi connectivity index (χ4n) is 1.59. The molecule has 86 valence electrons. The average molecular weight is 231 g/mol. The summed E-state index contributed by atoms with van der Waals surface area (Å²) >= 11 is 0. The first-order valence-electron chi connectivity index (χ1n) is 5.09. The maximum absolute atomic E-state index is 9.59. The number of aliphatic hydroxyl groups excluding tert-OH is 1. The largest absolute Gasteiger partial charge is 0.508 e. The summed E-state index contributed by atoms with van der Waals surface area (Å²) in [6, 6.07) is 7.21. The fraction of sp³-hybridized carbons (Fsp3) is 0.500. The van der Waals surface area contributed by atoms with Crippen LogP contribution in [0.1, 0.15) is 25.8 Å². The highest BCUT2D eigenvalue weighted by atomic mass is 35.5. The molecule has 0 fully saturated rings. The van der Waals surface area contributed by atoms with E-state index in [1.165, 1.54) is 0 Å². The van der Waals surface area contributed by atoms with Crippen LogP contribution in [0.2, 0.25) is 0 Å². The Bertz CT molecular complexity index is 289. The molecule has 1 rings (SSSR count). The van der Waals surface area contributed by atoms with Gasteiger partial charge in [-0.1, -0.05) is 26.0 Å². The van der Waals surface area contributed by atoms with Gasteiger partial charge in [0.1, 0.15) is 5.75 Å². The summed E-state index contributed by atoms with van der Waals surface area (Å²) in [7, 11) is 0. The van der Waals surface area contributed by atoms with Crippen molar-refractivity contribution in [3.63, 3.8) is 0 Å². The number of aliphatic hydroxyl groups is 1. The van der Waals surface area contributed by atoms with Gasteiger partial charge in [0.15, 0.2) is 0 Å². The van der Waals surface area contributed by atoms with Crippen molar-refractivity contribution in [1.82, 2.24) is 0 Å². The number of halogens is 1. The van der Waals surface area contributed by atoms with Gasteiger partial charge in [0.25, 0.3) is 0 Å². The molecule has 2 N–H and O–H groups in total. The van der Waals surface area contributed by atoms with Crippen LogP contribution in [0.3, 0.4) is 0 Å². The summed E-state index contributed by atoms with van der Waals surface area (Å²) in [5.74, 6) is 0.530. The lowest BCUT2D eigenvalue weighted by molar-refractivity contribution is 0.112. The van der Waals surface area contributed by atoms with Crippen LogP contribution < -0.4 is 0 Å². The molecule has 0 radical (unpaired) electrons. The molecule has 3 heteroatoms. The number of rotatable bonds is 4. The minimum Gasteiger partial charge on any atom is -0.508 e. The molecule has 15 heavy (non-hydrogen) atoms. The monoisotopic (exact) mass is 230 g/mol. The topological polar surface area (TPSA) is 40.5 Å². The van der Waals surface area contributed by atoms with Gasteiger partial charge in [-0.25, -0.2) is 0 Å². The Balaban J connectivity index is 0.00000196. The van der Waals surface area contributed by atoms with Gasteiger partial charge in [-0.05, 0) is 36.5 Å². The third-order valence-corrected chi connectivity index (χ3v) is 2.54. The van der Waals surface area contributed by atoms with E-state index in [-0.39, 0.29) is 24.4 Å². The predicted molar refractivity (Wildman–Crippen MR) is 64.5 cm³/mol. The minimum atomic E-state index is -0.252. The third-order valence-electron chi connectivity index (χ3n) is 2.54. The first kappa shape index (κ1) is 14.3. The smallest absolute Gasteiger partial charge is 0.115 e. The molecule has 0 heterocycles. The second-order valence-corrected chi connectivity index (χ2v) is 3.83. The van der Waals surface area contributed by atoms with Crippen molar-refractivity contribution in [2.24, 2.45) is 5.92 Å². The molecule has 0 spiro atoms. The first-order valence-corrected chi connectivity index (χ1v) is 5.09. The molecular weight excluding hydrogens is 212 g/mol. The summed E-state index contributed by atoms with van der Waals surface area (Å²) in [5, 5.41) is 18.9. The van der Waals surface area contributed by atoms with Crippen LogP contribution in [0.4, 0.5) is 0 Å². The lowest BCUT2D eigenvalue weighted by Gasteiger charge is -2.17. The van der Waals surface area contributed by atoms with Crippen molar-refractivity contribution in [1.29, 1.82) is 0 Å². The number of phenols is 1. The van der Waals surface area contributed by atoms with E-state index in [0.717, 1.165) is 18.4 Å². The van der Waals surface area contributed by atoms with Gasteiger partial charge in [-0.15, -0.1) is 12.4 Å². The number of aromatic hydroxyl groups is 1. The van der Waals surface area contributed by atoms with Gasteiger partial charge in [0, 0.05) is 0 Å². The Kier molecular flexibility index (Phi) is 6.37. The second-order valence-electron chi connectivity index (χ2n) is 3.83. The summed E-state index contributed by atoms with van der Waals surface area (Å²) < 4.78 is 0. The average Bonchev–Trinajstić information content (AvgIpc) is 2.16. The quantitative estimate of drug-likeness (QED) is 0.835. The second kappa shape index (κ2) is 6.70. The zero-order valence-corrected chi connectivity index (χ0v) is 10.00. The molecule has 0 aromatic heterocycles. The van der Waals surface area contributed by atoms with E-state index >= 15 is 0 Å². The zero-order valence-electron chi connectivity index (χ0n) is 9.18. The Morgan fingerprint density at radius 1 is 1.33 bits per heavy atom. The highest BCUT2D eigenvalue weighted by Gasteiger charge is 2.12. The molecule has 1 aromatic carbocycles. The van der Waals surface area contributed by atoms with Crippen LogP contribution in [-0.4, -0.2) is 16.3 Å². The van der Waals surface area contributed by atoms with Crippen molar-refractivity contribution in [3.05, 3.63) is 29.8 Å². The Morgan fingerprint density at radius 2 is 2.00 bits per heavy atom. The van der Waals surface area contributed by atoms with Gasteiger partial charge in [-0.3, -0.25) is 0 Å². The molecule has 2 nitrogen and oxygen atoms in total. The highest BCUT2D eigenvalue weighted by molar-refractivity contribution is 5.85. The molecule has 2 atom stereocenters. The standard InChI is InChI=1S/C12H18O2.ClH/c1-3-12(14)9(2)7-10-5-4-6-11(13)8-10;/h4-6,8-9,12-14H,3,7H2,1-2H3;1H. The van der Waals surface area contributed by atoms with Crippen molar-refractivity contribution in [2.75, 3.05) is 0 Å². The van der Waals surface area contributed by atoms with Crippen molar-refractivity contribution >= 4 is 12.4 Å². The van der Waals surface area contributed by atoms with Crippen molar-refractivity contribution < 1.29 is 10.2 Å². The summed E-state index contributed by atoms with van der Waals surface area (Å²) in [5.41, 5.74) is 1.07. The maximum atomic E-state index is 9.59. The SMILES string of the molecule is CCC(O)C(C)Cc1cccc(O)c1.Cl. The minimum absolute atomic E-state index is 0. The lowest BCUT2D eigenvalue weighted by atomic mass is 9.94. The first-order chi connectivity index (χ1) is 6.63. The predicted octanol–water partition coefficient (Wildman–Crippen LogP) is 2.76. The molecule has 0 bridgehead atoms. The number of hydrogen-bond donors (Lipinski definition) is 2. The van der Waals surface area contributed by atoms with E-state index in [4.69, 9.17) is 0 Å². The van der Waals surface area contributed by atoms with E-state index in [1.54, 1.807) is 12.1 Å². The van der Waals surface area contributed by atoms with Crippen LogP contribution >= 0.6 is 12.4 Å². The third kappa shape index (κ3) is 4.54. The zero-order chi connectivity index (χ0) is 10.6. The van der Waals surface area contributed by atoms with Crippen LogP contribution in [0.25, 0.3) is 0 Å².